The number of carbonyl (C=O) groups excluding carboxylic acids is 2. The van der Waals surface area contributed by atoms with E-state index in [9.17, 15) is 9.59 Å². The van der Waals surface area contributed by atoms with Crippen molar-refractivity contribution in [3.8, 4) is 0 Å². The lowest BCUT2D eigenvalue weighted by molar-refractivity contribution is -0.140. The zero-order chi connectivity index (χ0) is 15.9. The molecular weight excluding hydrogens is 272 g/mol. The Balaban J connectivity index is 2.33. The lowest BCUT2D eigenvalue weighted by atomic mass is 10.1. The van der Waals surface area contributed by atoms with Gasteiger partial charge in [-0.2, -0.15) is 0 Å². The molecule has 0 aliphatic carbocycles. The SMILES string of the molecule is COC(=O)CCNC1CCCN(C(=O)OC(C)(C)C)CC1. The summed E-state index contributed by atoms with van der Waals surface area (Å²) in [5, 5.41) is 3.35. The summed E-state index contributed by atoms with van der Waals surface area (Å²) in [4.78, 5) is 24.9. The van der Waals surface area contributed by atoms with Crippen molar-refractivity contribution < 1.29 is 19.1 Å². The fourth-order valence-electron chi connectivity index (χ4n) is 2.29. The lowest BCUT2D eigenvalue weighted by Gasteiger charge is -2.26. The molecule has 0 aromatic heterocycles. The molecule has 1 heterocycles. The largest absolute Gasteiger partial charge is 0.469 e. The second kappa shape index (κ2) is 8.22. The van der Waals surface area contributed by atoms with Crippen LogP contribution in [0.15, 0.2) is 0 Å². The van der Waals surface area contributed by atoms with E-state index < -0.39 is 5.60 Å². The molecule has 0 spiro atoms. The van der Waals surface area contributed by atoms with Crippen LogP contribution in [0.5, 0.6) is 0 Å². The van der Waals surface area contributed by atoms with Gasteiger partial charge in [0.2, 0.25) is 0 Å². The zero-order valence-electron chi connectivity index (χ0n) is 13.6. The van der Waals surface area contributed by atoms with E-state index in [4.69, 9.17) is 4.74 Å². The van der Waals surface area contributed by atoms with E-state index in [1.807, 2.05) is 20.8 Å². The van der Waals surface area contributed by atoms with E-state index in [-0.39, 0.29) is 12.1 Å². The van der Waals surface area contributed by atoms with Crippen LogP contribution in [0.2, 0.25) is 0 Å². The van der Waals surface area contributed by atoms with Crippen LogP contribution in [0.4, 0.5) is 4.79 Å². The highest BCUT2D eigenvalue weighted by molar-refractivity contribution is 5.69. The molecular formula is C15H28N2O4. The molecule has 1 aliphatic rings. The molecule has 6 heteroatoms. The van der Waals surface area contributed by atoms with E-state index >= 15 is 0 Å². The highest BCUT2D eigenvalue weighted by Gasteiger charge is 2.25. The van der Waals surface area contributed by atoms with Crippen LogP contribution in [0, 0.1) is 0 Å². The van der Waals surface area contributed by atoms with Crippen LogP contribution in [-0.2, 0) is 14.3 Å². The Morgan fingerprint density at radius 3 is 2.57 bits per heavy atom. The minimum atomic E-state index is -0.457. The van der Waals surface area contributed by atoms with Crippen molar-refractivity contribution in [2.24, 2.45) is 0 Å². The fourth-order valence-corrected chi connectivity index (χ4v) is 2.29. The molecule has 1 amide bonds. The van der Waals surface area contributed by atoms with Crippen molar-refractivity contribution in [1.82, 2.24) is 10.2 Å². The van der Waals surface area contributed by atoms with Crippen molar-refractivity contribution in [2.75, 3.05) is 26.7 Å². The first kappa shape index (κ1) is 17.8. The van der Waals surface area contributed by atoms with Crippen LogP contribution in [0.3, 0.4) is 0 Å². The number of nitrogens with zero attached hydrogens (tertiary/aromatic N) is 1. The van der Waals surface area contributed by atoms with Crippen LogP contribution < -0.4 is 5.32 Å². The van der Waals surface area contributed by atoms with E-state index in [0.29, 0.717) is 25.6 Å². The van der Waals surface area contributed by atoms with E-state index in [0.717, 1.165) is 25.8 Å². The third-order valence-electron chi connectivity index (χ3n) is 3.37. The summed E-state index contributed by atoms with van der Waals surface area (Å²) < 4.78 is 10.0. The number of amides is 1. The predicted molar refractivity (Wildman–Crippen MR) is 80.1 cm³/mol. The Kier molecular flexibility index (Phi) is 6.95. The molecule has 0 aromatic carbocycles. The van der Waals surface area contributed by atoms with Crippen LogP contribution in [-0.4, -0.2) is 55.3 Å². The molecule has 21 heavy (non-hydrogen) atoms. The Morgan fingerprint density at radius 2 is 1.95 bits per heavy atom. The molecule has 0 aromatic rings. The first-order valence-corrected chi connectivity index (χ1v) is 7.60. The summed E-state index contributed by atoms with van der Waals surface area (Å²) >= 11 is 0. The highest BCUT2D eigenvalue weighted by atomic mass is 16.6. The third-order valence-corrected chi connectivity index (χ3v) is 3.37. The quantitative estimate of drug-likeness (QED) is 0.804. The summed E-state index contributed by atoms with van der Waals surface area (Å²) in [6, 6.07) is 0.335. The van der Waals surface area contributed by atoms with Crippen molar-refractivity contribution in [2.45, 2.75) is 58.1 Å². The number of hydrogen-bond donors (Lipinski definition) is 1. The Morgan fingerprint density at radius 1 is 1.24 bits per heavy atom. The minimum Gasteiger partial charge on any atom is -0.469 e. The van der Waals surface area contributed by atoms with Gasteiger partial charge < -0.3 is 19.7 Å². The predicted octanol–water partition coefficient (Wildman–Crippen LogP) is 1.93. The van der Waals surface area contributed by atoms with Crippen LogP contribution >= 0.6 is 0 Å². The van der Waals surface area contributed by atoms with Crippen LogP contribution in [0.25, 0.3) is 0 Å². The van der Waals surface area contributed by atoms with Crippen molar-refractivity contribution in [3.63, 3.8) is 0 Å². The summed E-state index contributed by atoms with van der Waals surface area (Å²) in [7, 11) is 1.40. The highest BCUT2D eigenvalue weighted by Crippen LogP contribution is 2.15. The van der Waals surface area contributed by atoms with Gasteiger partial charge in [-0.15, -0.1) is 0 Å². The summed E-state index contributed by atoms with van der Waals surface area (Å²) in [5.41, 5.74) is -0.457. The number of carbonyl (C=O) groups is 2. The van der Waals surface area contributed by atoms with E-state index in [2.05, 4.69) is 10.1 Å². The van der Waals surface area contributed by atoms with E-state index in [1.54, 1.807) is 4.90 Å². The molecule has 1 fully saturated rings. The number of rotatable bonds is 4. The topological polar surface area (TPSA) is 67.9 Å². The van der Waals surface area contributed by atoms with Crippen molar-refractivity contribution in [1.29, 1.82) is 0 Å². The first-order valence-electron chi connectivity index (χ1n) is 7.60. The average Bonchev–Trinajstić information content (AvgIpc) is 2.62. The zero-order valence-corrected chi connectivity index (χ0v) is 13.6. The minimum absolute atomic E-state index is 0.202. The maximum atomic E-state index is 12.0. The molecule has 1 unspecified atom stereocenters. The number of hydrogen-bond acceptors (Lipinski definition) is 5. The number of methoxy groups -OCH3 is 1. The Hall–Kier alpha value is -1.30. The second-order valence-electron chi connectivity index (χ2n) is 6.38. The van der Waals surface area contributed by atoms with Crippen molar-refractivity contribution in [3.05, 3.63) is 0 Å². The Labute approximate surface area is 127 Å². The first-order chi connectivity index (χ1) is 9.81. The summed E-state index contributed by atoms with van der Waals surface area (Å²) in [6.07, 6.45) is 2.96. The second-order valence-corrected chi connectivity index (χ2v) is 6.38. The molecule has 6 nitrogen and oxygen atoms in total. The van der Waals surface area contributed by atoms with Gasteiger partial charge in [0.25, 0.3) is 0 Å². The maximum Gasteiger partial charge on any atom is 0.410 e. The van der Waals surface area contributed by atoms with Crippen molar-refractivity contribution >= 4 is 12.1 Å². The Bertz CT molecular complexity index is 352. The van der Waals surface area contributed by atoms with Gasteiger partial charge in [0.15, 0.2) is 0 Å². The number of likely N-dealkylation sites (tertiary alicyclic amines) is 1. The van der Waals surface area contributed by atoms with Gasteiger partial charge in [0, 0.05) is 25.7 Å². The third kappa shape index (κ3) is 7.32. The van der Waals surface area contributed by atoms with E-state index in [1.165, 1.54) is 7.11 Å². The van der Waals surface area contributed by atoms with Crippen LogP contribution in [0.1, 0.15) is 46.5 Å². The number of ether oxygens (including phenoxy) is 2. The van der Waals surface area contributed by atoms with Gasteiger partial charge >= 0.3 is 12.1 Å². The van der Waals surface area contributed by atoms with Gasteiger partial charge in [-0.25, -0.2) is 4.79 Å². The molecule has 1 saturated heterocycles. The average molecular weight is 300 g/mol. The molecule has 1 aliphatic heterocycles. The lowest BCUT2D eigenvalue weighted by Crippen LogP contribution is -2.38. The van der Waals surface area contributed by atoms with Gasteiger partial charge in [0.1, 0.15) is 5.60 Å². The molecule has 122 valence electrons. The standard InChI is InChI=1S/C15H28N2O4/c1-15(2,3)21-14(19)17-10-5-6-12(8-11-17)16-9-7-13(18)20-4/h12,16H,5-11H2,1-4H3. The monoisotopic (exact) mass is 300 g/mol. The maximum absolute atomic E-state index is 12.0. The molecule has 0 saturated carbocycles. The molecule has 0 bridgehead atoms. The number of esters is 1. The van der Waals surface area contributed by atoms with Gasteiger partial charge in [0.05, 0.1) is 13.5 Å². The van der Waals surface area contributed by atoms with Gasteiger partial charge in [-0.3, -0.25) is 4.79 Å². The normalized spacial score (nSPS) is 19.8. The fraction of sp³-hybridized carbons (Fsp3) is 0.867. The van der Waals surface area contributed by atoms with Gasteiger partial charge in [-0.1, -0.05) is 0 Å². The number of nitrogens with one attached hydrogen (secondary N) is 1. The molecule has 0 radical (unpaired) electrons. The summed E-state index contributed by atoms with van der Waals surface area (Å²) in [5.74, 6) is -0.202. The molecule has 1 N–H and O–H groups in total. The van der Waals surface area contributed by atoms with Gasteiger partial charge in [-0.05, 0) is 40.0 Å². The smallest absolute Gasteiger partial charge is 0.410 e. The molecule has 1 rings (SSSR count). The summed E-state index contributed by atoms with van der Waals surface area (Å²) in [6.45, 7) is 7.65. The molecule has 1 atom stereocenters.